The SMILES string of the molecule is CC=O.CCCCC(CCC)CNc1ccc(CC(C)N)cc1. The zero-order valence-electron chi connectivity index (χ0n) is 15.5. The predicted octanol–water partition coefficient (Wildman–Crippen LogP) is 4.80. The molecular formula is C20H36N2O. The minimum Gasteiger partial charge on any atom is -0.385 e. The van der Waals surface area contributed by atoms with Crippen LogP contribution in [0.1, 0.15) is 65.4 Å². The Balaban J connectivity index is 0.00000149. The number of nitrogens with one attached hydrogen (secondary N) is 1. The van der Waals surface area contributed by atoms with Crippen molar-refractivity contribution in [2.45, 2.75) is 72.3 Å². The van der Waals surface area contributed by atoms with Gasteiger partial charge in [-0.05, 0) is 56.7 Å². The molecule has 0 aromatic heterocycles. The van der Waals surface area contributed by atoms with E-state index in [9.17, 15) is 0 Å². The van der Waals surface area contributed by atoms with Crippen LogP contribution in [0.25, 0.3) is 0 Å². The van der Waals surface area contributed by atoms with E-state index in [0.29, 0.717) is 0 Å². The Bertz CT molecular complexity index is 387. The number of benzene rings is 1. The van der Waals surface area contributed by atoms with Crippen LogP contribution in [0.15, 0.2) is 24.3 Å². The fourth-order valence-electron chi connectivity index (χ4n) is 2.64. The summed E-state index contributed by atoms with van der Waals surface area (Å²) in [6.45, 7) is 9.14. The molecule has 0 spiro atoms. The van der Waals surface area contributed by atoms with Gasteiger partial charge in [0.2, 0.25) is 0 Å². The zero-order chi connectivity index (χ0) is 17.5. The first-order valence-corrected chi connectivity index (χ1v) is 9.05. The minimum atomic E-state index is 0.233. The van der Waals surface area contributed by atoms with Crippen molar-refractivity contribution in [3.05, 3.63) is 29.8 Å². The lowest BCUT2D eigenvalue weighted by molar-refractivity contribution is -0.106. The van der Waals surface area contributed by atoms with Crippen LogP contribution in [0.2, 0.25) is 0 Å². The van der Waals surface area contributed by atoms with Crippen molar-refractivity contribution in [2.75, 3.05) is 11.9 Å². The Morgan fingerprint density at radius 3 is 2.22 bits per heavy atom. The number of hydrogen-bond donors (Lipinski definition) is 2. The predicted molar refractivity (Wildman–Crippen MR) is 102 cm³/mol. The first-order valence-electron chi connectivity index (χ1n) is 9.05. The molecule has 1 aromatic rings. The van der Waals surface area contributed by atoms with Gasteiger partial charge in [0.25, 0.3) is 0 Å². The maximum Gasteiger partial charge on any atom is 0.116 e. The van der Waals surface area contributed by atoms with Gasteiger partial charge < -0.3 is 15.8 Å². The van der Waals surface area contributed by atoms with E-state index >= 15 is 0 Å². The third-order valence-electron chi connectivity index (χ3n) is 3.77. The van der Waals surface area contributed by atoms with E-state index in [-0.39, 0.29) is 6.04 Å². The van der Waals surface area contributed by atoms with Gasteiger partial charge in [0.15, 0.2) is 0 Å². The van der Waals surface area contributed by atoms with Crippen molar-refractivity contribution in [1.29, 1.82) is 0 Å². The highest BCUT2D eigenvalue weighted by Gasteiger charge is 2.07. The molecule has 2 unspecified atom stereocenters. The highest BCUT2D eigenvalue weighted by atomic mass is 16.1. The highest BCUT2D eigenvalue weighted by molar-refractivity contribution is 5.45. The normalized spacial score (nSPS) is 12.7. The molecule has 3 N–H and O–H groups in total. The van der Waals surface area contributed by atoms with Crippen molar-refractivity contribution in [3.63, 3.8) is 0 Å². The molecule has 0 radical (unpaired) electrons. The molecule has 0 fully saturated rings. The fourth-order valence-corrected chi connectivity index (χ4v) is 2.64. The summed E-state index contributed by atoms with van der Waals surface area (Å²) < 4.78 is 0. The van der Waals surface area contributed by atoms with Crippen LogP contribution in [0.3, 0.4) is 0 Å². The van der Waals surface area contributed by atoms with Crippen molar-refractivity contribution in [2.24, 2.45) is 11.7 Å². The highest BCUT2D eigenvalue weighted by Crippen LogP contribution is 2.17. The van der Waals surface area contributed by atoms with Crippen molar-refractivity contribution in [3.8, 4) is 0 Å². The molecule has 0 aliphatic rings. The number of anilines is 1. The van der Waals surface area contributed by atoms with Crippen LogP contribution in [0, 0.1) is 5.92 Å². The van der Waals surface area contributed by atoms with Gasteiger partial charge in [0, 0.05) is 18.3 Å². The molecule has 1 aromatic carbocycles. The average Bonchev–Trinajstić information content (AvgIpc) is 2.52. The molecule has 23 heavy (non-hydrogen) atoms. The molecule has 1 rings (SSSR count). The topological polar surface area (TPSA) is 55.1 Å². The quantitative estimate of drug-likeness (QED) is 0.609. The Morgan fingerprint density at radius 2 is 1.74 bits per heavy atom. The van der Waals surface area contributed by atoms with Crippen molar-refractivity contribution in [1.82, 2.24) is 0 Å². The monoisotopic (exact) mass is 320 g/mol. The van der Waals surface area contributed by atoms with Gasteiger partial charge in [0.05, 0.1) is 0 Å². The smallest absolute Gasteiger partial charge is 0.116 e. The van der Waals surface area contributed by atoms with E-state index in [1.165, 1.54) is 50.3 Å². The number of unbranched alkanes of at least 4 members (excludes halogenated alkanes) is 1. The molecule has 0 heterocycles. The summed E-state index contributed by atoms with van der Waals surface area (Å²) in [6, 6.07) is 8.97. The Kier molecular flexibility index (Phi) is 13.4. The van der Waals surface area contributed by atoms with Crippen LogP contribution in [-0.4, -0.2) is 18.9 Å². The van der Waals surface area contributed by atoms with Crippen LogP contribution in [0.4, 0.5) is 5.69 Å². The number of carbonyl (C=O) groups is 1. The maximum atomic E-state index is 8.81. The molecule has 0 aliphatic heterocycles. The summed E-state index contributed by atoms with van der Waals surface area (Å²) in [4.78, 5) is 8.81. The third-order valence-corrected chi connectivity index (χ3v) is 3.77. The Labute approximate surface area is 143 Å². The molecule has 0 bridgehead atoms. The number of nitrogens with two attached hydrogens (primary N) is 1. The second-order valence-electron chi connectivity index (χ2n) is 6.29. The molecule has 0 aliphatic carbocycles. The van der Waals surface area contributed by atoms with Crippen molar-refractivity contribution < 1.29 is 4.79 Å². The fraction of sp³-hybridized carbons (Fsp3) is 0.650. The maximum absolute atomic E-state index is 8.81. The summed E-state index contributed by atoms with van der Waals surface area (Å²) >= 11 is 0. The second kappa shape index (κ2) is 14.3. The Hall–Kier alpha value is -1.35. The first-order chi connectivity index (χ1) is 11.1. The molecule has 0 saturated heterocycles. The van der Waals surface area contributed by atoms with E-state index in [0.717, 1.165) is 25.2 Å². The van der Waals surface area contributed by atoms with E-state index in [2.05, 4.69) is 50.4 Å². The summed E-state index contributed by atoms with van der Waals surface area (Å²) in [7, 11) is 0. The summed E-state index contributed by atoms with van der Waals surface area (Å²) in [6.07, 6.45) is 8.31. The average molecular weight is 321 g/mol. The Morgan fingerprint density at radius 1 is 1.13 bits per heavy atom. The van der Waals surface area contributed by atoms with Crippen LogP contribution >= 0.6 is 0 Å². The van der Waals surface area contributed by atoms with Gasteiger partial charge in [-0.15, -0.1) is 0 Å². The summed E-state index contributed by atoms with van der Waals surface area (Å²) in [5.74, 6) is 0.809. The van der Waals surface area contributed by atoms with E-state index in [4.69, 9.17) is 10.5 Å². The first kappa shape index (κ1) is 21.6. The molecule has 0 saturated carbocycles. The number of carbonyl (C=O) groups excluding carboxylic acids is 1. The number of aldehydes is 1. The largest absolute Gasteiger partial charge is 0.385 e. The lowest BCUT2D eigenvalue weighted by atomic mass is 9.97. The molecule has 3 nitrogen and oxygen atoms in total. The van der Waals surface area contributed by atoms with Gasteiger partial charge in [-0.25, -0.2) is 0 Å². The van der Waals surface area contributed by atoms with Gasteiger partial charge in [-0.3, -0.25) is 0 Å². The molecule has 3 heteroatoms. The summed E-state index contributed by atoms with van der Waals surface area (Å²) in [5, 5.41) is 3.59. The van der Waals surface area contributed by atoms with E-state index in [1.54, 1.807) is 0 Å². The number of rotatable bonds is 10. The number of hydrogen-bond acceptors (Lipinski definition) is 3. The lowest BCUT2D eigenvalue weighted by Crippen LogP contribution is -2.17. The van der Waals surface area contributed by atoms with Crippen LogP contribution in [0.5, 0.6) is 0 Å². The van der Waals surface area contributed by atoms with Gasteiger partial charge in [0.1, 0.15) is 6.29 Å². The van der Waals surface area contributed by atoms with E-state index < -0.39 is 0 Å². The molecule has 0 amide bonds. The minimum absolute atomic E-state index is 0.233. The summed E-state index contributed by atoms with van der Waals surface area (Å²) in [5.41, 5.74) is 8.38. The van der Waals surface area contributed by atoms with Gasteiger partial charge >= 0.3 is 0 Å². The molecule has 132 valence electrons. The van der Waals surface area contributed by atoms with Gasteiger partial charge in [-0.2, -0.15) is 0 Å². The molecule has 2 atom stereocenters. The van der Waals surface area contributed by atoms with Gasteiger partial charge in [-0.1, -0.05) is 45.2 Å². The van der Waals surface area contributed by atoms with Crippen LogP contribution < -0.4 is 11.1 Å². The standard InChI is InChI=1S/C18H32N2.C2H4O/c1-4-6-8-17(7-5-2)14-20-18-11-9-16(10-12-18)13-15(3)19;1-2-3/h9-12,15,17,20H,4-8,13-14,19H2,1-3H3;2H,1H3. The third kappa shape index (κ3) is 11.8. The van der Waals surface area contributed by atoms with Crippen LogP contribution in [-0.2, 0) is 11.2 Å². The zero-order valence-corrected chi connectivity index (χ0v) is 15.5. The lowest BCUT2D eigenvalue weighted by Gasteiger charge is -2.17. The second-order valence-corrected chi connectivity index (χ2v) is 6.29. The van der Waals surface area contributed by atoms with E-state index in [1.807, 2.05) is 0 Å². The van der Waals surface area contributed by atoms with Crippen molar-refractivity contribution >= 4 is 12.0 Å². The molecular weight excluding hydrogens is 284 g/mol.